The van der Waals surface area contributed by atoms with Crippen molar-refractivity contribution in [2.24, 2.45) is 0 Å². The van der Waals surface area contributed by atoms with Gasteiger partial charge in [-0.2, -0.15) is 0 Å². The molecule has 0 spiro atoms. The van der Waals surface area contributed by atoms with Crippen molar-refractivity contribution in [2.45, 2.75) is 26.4 Å². The van der Waals surface area contributed by atoms with Crippen molar-refractivity contribution in [3.8, 4) is 0 Å². The second kappa shape index (κ2) is 5.74. The van der Waals surface area contributed by atoms with Gasteiger partial charge in [0.1, 0.15) is 5.82 Å². The molecule has 0 radical (unpaired) electrons. The third-order valence-electron chi connectivity index (χ3n) is 3.12. The van der Waals surface area contributed by atoms with Gasteiger partial charge < -0.3 is 5.32 Å². The van der Waals surface area contributed by atoms with Gasteiger partial charge in [0.25, 0.3) is 0 Å². The van der Waals surface area contributed by atoms with Crippen molar-refractivity contribution >= 4 is 0 Å². The molecule has 2 nitrogen and oxygen atoms in total. The first kappa shape index (κ1) is 12.7. The maximum Gasteiger partial charge on any atom is 0.123 e. The Morgan fingerprint density at radius 1 is 1.22 bits per heavy atom. The Morgan fingerprint density at radius 2 is 1.94 bits per heavy atom. The third-order valence-corrected chi connectivity index (χ3v) is 3.12. The third kappa shape index (κ3) is 3.14. The molecule has 0 fully saturated rings. The summed E-state index contributed by atoms with van der Waals surface area (Å²) in [6.45, 7) is 4.74. The molecule has 0 saturated carbocycles. The molecule has 0 aliphatic rings. The minimum atomic E-state index is -0.186. The van der Waals surface area contributed by atoms with Crippen molar-refractivity contribution in [1.29, 1.82) is 0 Å². The summed E-state index contributed by atoms with van der Waals surface area (Å²) < 4.78 is 13.2. The Kier molecular flexibility index (Phi) is 4.05. The Morgan fingerprint density at radius 3 is 2.67 bits per heavy atom. The number of halogens is 1. The summed E-state index contributed by atoms with van der Waals surface area (Å²) in [4.78, 5) is 3.99. The number of hydrogen-bond acceptors (Lipinski definition) is 2. The molecule has 1 unspecified atom stereocenters. The number of benzene rings is 1. The van der Waals surface area contributed by atoms with E-state index in [-0.39, 0.29) is 11.9 Å². The lowest BCUT2D eigenvalue weighted by Gasteiger charge is -2.15. The fraction of sp³-hybridized carbons (Fsp3) is 0.267. The Labute approximate surface area is 107 Å². The molecule has 1 atom stereocenters. The molecule has 1 N–H and O–H groups in total. The van der Waals surface area contributed by atoms with Crippen LogP contribution in [0.15, 0.2) is 42.7 Å². The minimum absolute atomic E-state index is 0.186. The zero-order valence-corrected chi connectivity index (χ0v) is 10.7. The van der Waals surface area contributed by atoms with E-state index in [0.717, 1.165) is 11.1 Å². The number of aryl methyl sites for hydroxylation is 1. The zero-order chi connectivity index (χ0) is 13.0. The van der Waals surface area contributed by atoms with Crippen LogP contribution in [0, 0.1) is 12.7 Å². The first-order valence-corrected chi connectivity index (χ1v) is 6.05. The van der Waals surface area contributed by atoms with Crippen LogP contribution in [0.5, 0.6) is 0 Å². The highest BCUT2D eigenvalue weighted by Gasteiger charge is 2.06. The van der Waals surface area contributed by atoms with Gasteiger partial charge in [0, 0.05) is 25.0 Å². The van der Waals surface area contributed by atoms with Crippen molar-refractivity contribution in [1.82, 2.24) is 10.3 Å². The molecule has 2 aromatic rings. The summed E-state index contributed by atoms with van der Waals surface area (Å²) in [5, 5.41) is 3.39. The maximum atomic E-state index is 13.2. The van der Waals surface area contributed by atoms with Gasteiger partial charge >= 0.3 is 0 Å². The van der Waals surface area contributed by atoms with Crippen molar-refractivity contribution in [2.75, 3.05) is 0 Å². The van der Waals surface area contributed by atoms with Crippen LogP contribution < -0.4 is 5.32 Å². The second-order valence-electron chi connectivity index (χ2n) is 4.45. The molecule has 0 saturated heterocycles. The van der Waals surface area contributed by atoms with E-state index in [2.05, 4.69) is 17.2 Å². The van der Waals surface area contributed by atoms with E-state index < -0.39 is 0 Å². The van der Waals surface area contributed by atoms with Crippen LogP contribution in [0.2, 0.25) is 0 Å². The standard InChI is InChI=1S/C15H17FN2/c1-11-3-4-15(16)9-14(11)10-18-12(2)13-5-7-17-8-6-13/h3-9,12,18H,10H2,1-2H3. The largest absolute Gasteiger partial charge is 0.306 e. The van der Waals surface area contributed by atoms with E-state index >= 15 is 0 Å². The highest BCUT2D eigenvalue weighted by atomic mass is 19.1. The minimum Gasteiger partial charge on any atom is -0.306 e. The summed E-state index contributed by atoms with van der Waals surface area (Å²) in [5.41, 5.74) is 3.28. The van der Waals surface area contributed by atoms with Crippen LogP contribution in [0.3, 0.4) is 0 Å². The first-order chi connectivity index (χ1) is 8.66. The Balaban J connectivity index is 2.01. The maximum absolute atomic E-state index is 13.2. The lowest BCUT2D eigenvalue weighted by atomic mass is 10.1. The predicted molar refractivity (Wildman–Crippen MR) is 70.6 cm³/mol. The number of pyridine rings is 1. The summed E-state index contributed by atoms with van der Waals surface area (Å²) in [7, 11) is 0. The fourth-order valence-electron chi connectivity index (χ4n) is 1.86. The van der Waals surface area contributed by atoms with Gasteiger partial charge in [0.2, 0.25) is 0 Å². The predicted octanol–water partition coefficient (Wildman–Crippen LogP) is 3.38. The molecule has 0 aliphatic carbocycles. The van der Waals surface area contributed by atoms with Crippen LogP contribution in [-0.2, 0) is 6.54 Å². The van der Waals surface area contributed by atoms with Gasteiger partial charge in [-0.3, -0.25) is 4.98 Å². The van der Waals surface area contributed by atoms with E-state index in [9.17, 15) is 4.39 Å². The summed E-state index contributed by atoms with van der Waals surface area (Å²) >= 11 is 0. The monoisotopic (exact) mass is 244 g/mol. The first-order valence-electron chi connectivity index (χ1n) is 6.05. The van der Waals surface area contributed by atoms with E-state index in [4.69, 9.17) is 0 Å². The van der Waals surface area contributed by atoms with Crippen LogP contribution in [0.4, 0.5) is 4.39 Å². The quantitative estimate of drug-likeness (QED) is 0.891. The topological polar surface area (TPSA) is 24.9 Å². The van der Waals surface area contributed by atoms with E-state index in [1.165, 1.54) is 11.6 Å². The summed E-state index contributed by atoms with van der Waals surface area (Å²) in [6.07, 6.45) is 3.56. The van der Waals surface area contributed by atoms with Crippen molar-refractivity contribution < 1.29 is 4.39 Å². The van der Waals surface area contributed by atoms with Crippen molar-refractivity contribution in [3.63, 3.8) is 0 Å². The molecule has 18 heavy (non-hydrogen) atoms. The SMILES string of the molecule is Cc1ccc(F)cc1CNC(C)c1ccncc1. The molecule has 0 bridgehead atoms. The van der Waals surface area contributed by atoms with Gasteiger partial charge in [-0.05, 0) is 54.8 Å². The van der Waals surface area contributed by atoms with Crippen LogP contribution in [0.1, 0.15) is 29.7 Å². The van der Waals surface area contributed by atoms with Crippen molar-refractivity contribution in [3.05, 3.63) is 65.2 Å². The smallest absolute Gasteiger partial charge is 0.123 e. The molecule has 3 heteroatoms. The number of nitrogens with zero attached hydrogens (tertiary/aromatic N) is 1. The number of nitrogens with one attached hydrogen (secondary N) is 1. The van der Waals surface area contributed by atoms with Gasteiger partial charge in [-0.25, -0.2) is 4.39 Å². The highest BCUT2D eigenvalue weighted by Crippen LogP contribution is 2.14. The molecule has 0 aliphatic heterocycles. The average molecular weight is 244 g/mol. The van der Waals surface area contributed by atoms with Gasteiger partial charge in [-0.15, -0.1) is 0 Å². The molecule has 94 valence electrons. The molecule has 2 rings (SSSR count). The van der Waals surface area contributed by atoms with Gasteiger partial charge in [0.05, 0.1) is 0 Å². The van der Waals surface area contributed by atoms with Gasteiger partial charge in [0.15, 0.2) is 0 Å². The summed E-state index contributed by atoms with van der Waals surface area (Å²) in [5.74, 6) is -0.186. The molecule has 1 aromatic heterocycles. The van der Waals surface area contributed by atoms with E-state index in [1.807, 2.05) is 25.1 Å². The Bertz CT molecular complexity index is 511. The number of aromatic nitrogens is 1. The fourth-order valence-corrected chi connectivity index (χ4v) is 1.86. The number of rotatable bonds is 4. The normalized spacial score (nSPS) is 12.4. The molecular formula is C15H17FN2. The van der Waals surface area contributed by atoms with Crippen LogP contribution in [0.25, 0.3) is 0 Å². The molecular weight excluding hydrogens is 227 g/mol. The lowest BCUT2D eigenvalue weighted by Crippen LogP contribution is -2.18. The zero-order valence-electron chi connectivity index (χ0n) is 10.7. The van der Waals surface area contributed by atoms with Crippen LogP contribution in [-0.4, -0.2) is 4.98 Å². The summed E-state index contributed by atoms with van der Waals surface area (Å²) in [6, 6.07) is 9.07. The number of hydrogen-bond donors (Lipinski definition) is 1. The van der Waals surface area contributed by atoms with E-state index in [1.54, 1.807) is 18.5 Å². The average Bonchev–Trinajstić information content (AvgIpc) is 2.40. The Hall–Kier alpha value is -1.74. The highest BCUT2D eigenvalue weighted by molar-refractivity contribution is 5.26. The van der Waals surface area contributed by atoms with Crippen LogP contribution >= 0.6 is 0 Å². The molecule has 1 heterocycles. The van der Waals surface area contributed by atoms with Gasteiger partial charge in [-0.1, -0.05) is 6.07 Å². The van der Waals surface area contributed by atoms with E-state index in [0.29, 0.717) is 6.54 Å². The molecule has 1 aromatic carbocycles. The second-order valence-corrected chi connectivity index (χ2v) is 4.45. The molecule has 0 amide bonds. The lowest BCUT2D eigenvalue weighted by molar-refractivity contribution is 0.567.